The predicted octanol–water partition coefficient (Wildman–Crippen LogP) is 0.934. The lowest BCUT2D eigenvalue weighted by Crippen LogP contribution is -2.39. The zero-order valence-electron chi connectivity index (χ0n) is 8.56. The van der Waals surface area contributed by atoms with E-state index in [0.29, 0.717) is 13.0 Å². The maximum Gasteiger partial charge on any atom is 0.0927 e. The van der Waals surface area contributed by atoms with E-state index in [1.807, 2.05) is 0 Å². The molecule has 0 aromatic carbocycles. The normalized spacial score (nSPS) is 15.4. The summed E-state index contributed by atoms with van der Waals surface area (Å²) >= 11 is 1.72. The van der Waals surface area contributed by atoms with Gasteiger partial charge in [-0.15, -0.1) is 11.3 Å². The summed E-state index contributed by atoms with van der Waals surface area (Å²) in [6, 6.07) is 3.88. The van der Waals surface area contributed by atoms with E-state index in [2.05, 4.69) is 19.1 Å². The monoisotopic (exact) mass is 215 g/mol. The fraction of sp³-hybridized carbons (Fsp3) is 0.600. The van der Waals surface area contributed by atoms with Crippen molar-refractivity contribution >= 4 is 11.3 Å². The van der Waals surface area contributed by atoms with E-state index in [1.165, 1.54) is 9.75 Å². The Bertz CT molecular complexity index is 275. The van der Waals surface area contributed by atoms with Gasteiger partial charge in [0.15, 0.2) is 0 Å². The largest absolute Gasteiger partial charge is 0.389 e. The van der Waals surface area contributed by atoms with E-state index in [1.54, 1.807) is 18.4 Å². The Morgan fingerprint density at radius 1 is 1.57 bits per heavy atom. The maximum absolute atomic E-state index is 9.54. The lowest BCUT2D eigenvalue weighted by molar-refractivity contribution is 0.0481. The first-order chi connectivity index (χ1) is 6.63. The molecule has 1 aromatic rings. The molecule has 1 heterocycles. The topological polar surface area (TPSA) is 55.5 Å². The number of aryl methyl sites for hydroxylation is 1. The number of nitrogens with two attached hydrogens (primary N) is 1. The van der Waals surface area contributed by atoms with Crippen LogP contribution in [0, 0.1) is 6.92 Å². The van der Waals surface area contributed by atoms with Crippen LogP contribution in [0.2, 0.25) is 0 Å². The van der Waals surface area contributed by atoms with E-state index < -0.39 is 6.10 Å². The number of methoxy groups -OCH3 is 1. The van der Waals surface area contributed by atoms with Gasteiger partial charge in [-0.25, -0.2) is 0 Å². The van der Waals surface area contributed by atoms with Gasteiger partial charge in [-0.3, -0.25) is 0 Å². The second-order valence-electron chi connectivity index (χ2n) is 3.40. The van der Waals surface area contributed by atoms with E-state index >= 15 is 0 Å². The van der Waals surface area contributed by atoms with Crippen LogP contribution in [-0.2, 0) is 11.2 Å². The van der Waals surface area contributed by atoms with Crippen molar-refractivity contribution in [3.8, 4) is 0 Å². The van der Waals surface area contributed by atoms with E-state index in [4.69, 9.17) is 10.5 Å². The van der Waals surface area contributed by atoms with Crippen molar-refractivity contribution in [2.24, 2.45) is 5.73 Å². The summed E-state index contributed by atoms with van der Waals surface area (Å²) in [6.45, 7) is 2.36. The molecule has 0 aliphatic carbocycles. The molecular formula is C10H17NO2S. The van der Waals surface area contributed by atoms with E-state index in [0.717, 1.165) is 0 Å². The first-order valence-corrected chi connectivity index (χ1v) is 5.43. The van der Waals surface area contributed by atoms with Crippen LogP contribution in [0.1, 0.15) is 9.75 Å². The van der Waals surface area contributed by atoms with Gasteiger partial charge in [0.25, 0.3) is 0 Å². The minimum atomic E-state index is -0.581. The van der Waals surface area contributed by atoms with Crippen LogP contribution in [0.15, 0.2) is 12.1 Å². The maximum atomic E-state index is 9.54. The molecule has 0 aliphatic rings. The Kier molecular flexibility index (Phi) is 4.54. The minimum absolute atomic E-state index is 0.243. The summed E-state index contributed by atoms with van der Waals surface area (Å²) in [5, 5.41) is 9.54. The van der Waals surface area contributed by atoms with Crippen LogP contribution in [-0.4, -0.2) is 31.0 Å². The highest BCUT2D eigenvalue weighted by Crippen LogP contribution is 2.17. The van der Waals surface area contributed by atoms with Gasteiger partial charge in [0.1, 0.15) is 0 Å². The molecule has 0 saturated heterocycles. The predicted molar refractivity (Wildman–Crippen MR) is 58.6 cm³/mol. The number of hydrogen-bond donors (Lipinski definition) is 2. The molecule has 4 heteroatoms. The van der Waals surface area contributed by atoms with Gasteiger partial charge in [0, 0.05) is 22.9 Å². The second kappa shape index (κ2) is 5.46. The smallest absolute Gasteiger partial charge is 0.0927 e. The third-order valence-corrected chi connectivity index (χ3v) is 3.09. The summed E-state index contributed by atoms with van der Waals surface area (Å²) in [5.74, 6) is 0. The van der Waals surface area contributed by atoms with Gasteiger partial charge >= 0.3 is 0 Å². The SMILES string of the molecule is COCC(O)C(N)Cc1ccc(C)s1. The van der Waals surface area contributed by atoms with Gasteiger partial charge in [-0.1, -0.05) is 0 Å². The van der Waals surface area contributed by atoms with Crippen LogP contribution in [0.5, 0.6) is 0 Å². The first-order valence-electron chi connectivity index (χ1n) is 4.61. The Labute approximate surface area is 88.5 Å². The highest BCUT2D eigenvalue weighted by atomic mass is 32.1. The highest BCUT2D eigenvalue weighted by molar-refractivity contribution is 7.11. The molecule has 80 valence electrons. The number of rotatable bonds is 5. The van der Waals surface area contributed by atoms with Gasteiger partial charge in [0.2, 0.25) is 0 Å². The van der Waals surface area contributed by atoms with Crippen LogP contribution >= 0.6 is 11.3 Å². The van der Waals surface area contributed by atoms with E-state index in [-0.39, 0.29) is 6.04 Å². The molecule has 0 fully saturated rings. The van der Waals surface area contributed by atoms with Gasteiger partial charge in [0.05, 0.1) is 12.7 Å². The molecule has 0 aliphatic heterocycles. The molecule has 0 saturated carbocycles. The molecular weight excluding hydrogens is 198 g/mol. The lowest BCUT2D eigenvalue weighted by atomic mass is 10.1. The fourth-order valence-corrected chi connectivity index (χ4v) is 2.22. The summed E-state index contributed by atoms with van der Waals surface area (Å²) in [6.07, 6.45) is 0.130. The zero-order valence-corrected chi connectivity index (χ0v) is 9.38. The van der Waals surface area contributed by atoms with Crippen LogP contribution in [0.3, 0.4) is 0 Å². The van der Waals surface area contributed by atoms with Crippen molar-refractivity contribution in [3.63, 3.8) is 0 Å². The number of ether oxygens (including phenoxy) is 1. The average molecular weight is 215 g/mol. The lowest BCUT2D eigenvalue weighted by Gasteiger charge is -2.16. The molecule has 0 bridgehead atoms. The van der Waals surface area contributed by atoms with Crippen LogP contribution < -0.4 is 5.73 Å². The first kappa shape index (κ1) is 11.7. The molecule has 14 heavy (non-hydrogen) atoms. The molecule has 0 amide bonds. The number of aliphatic hydroxyl groups excluding tert-OH is 1. The van der Waals surface area contributed by atoms with Crippen molar-refractivity contribution in [2.45, 2.75) is 25.5 Å². The quantitative estimate of drug-likeness (QED) is 0.768. The van der Waals surface area contributed by atoms with Crippen LogP contribution in [0.4, 0.5) is 0 Å². The number of aliphatic hydroxyl groups is 1. The van der Waals surface area contributed by atoms with Crippen molar-refractivity contribution in [1.29, 1.82) is 0 Å². The summed E-state index contributed by atoms with van der Waals surface area (Å²) in [5.41, 5.74) is 5.82. The average Bonchev–Trinajstić information content (AvgIpc) is 2.51. The Hall–Kier alpha value is -0.420. The second-order valence-corrected chi connectivity index (χ2v) is 4.78. The standard InChI is InChI=1S/C10H17NO2S/c1-7-3-4-8(14-7)5-9(11)10(12)6-13-2/h3-4,9-10,12H,5-6,11H2,1-2H3. The number of thiophene rings is 1. The Morgan fingerprint density at radius 3 is 2.79 bits per heavy atom. The van der Waals surface area contributed by atoms with Crippen molar-refractivity contribution in [1.82, 2.24) is 0 Å². The molecule has 3 nitrogen and oxygen atoms in total. The zero-order chi connectivity index (χ0) is 10.6. The summed E-state index contributed by atoms with van der Waals surface area (Å²) in [7, 11) is 1.56. The molecule has 2 atom stereocenters. The fourth-order valence-electron chi connectivity index (χ4n) is 1.26. The minimum Gasteiger partial charge on any atom is -0.389 e. The number of hydrogen-bond acceptors (Lipinski definition) is 4. The highest BCUT2D eigenvalue weighted by Gasteiger charge is 2.15. The van der Waals surface area contributed by atoms with Crippen molar-refractivity contribution < 1.29 is 9.84 Å². The van der Waals surface area contributed by atoms with Crippen molar-refractivity contribution in [2.75, 3.05) is 13.7 Å². The third-order valence-electron chi connectivity index (χ3n) is 2.06. The molecule has 0 spiro atoms. The van der Waals surface area contributed by atoms with Gasteiger partial charge in [-0.05, 0) is 25.5 Å². The Balaban J connectivity index is 2.43. The summed E-state index contributed by atoms with van der Waals surface area (Å²) in [4.78, 5) is 2.48. The molecule has 2 unspecified atom stereocenters. The molecule has 0 radical (unpaired) electrons. The van der Waals surface area contributed by atoms with E-state index in [9.17, 15) is 5.11 Å². The summed E-state index contributed by atoms with van der Waals surface area (Å²) < 4.78 is 4.84. The molecule has 3 N–H and O–H groups in total. The van der Waals surface area contributed by atoms with Gasteiger partial charge in [-0.2, -0.15) is 0 Å². The molecule has 1 rings (SSSR count). The van der Waals surface area contributed by atoms with Crippen LogP contribution in [0.25, 0.3) is 0 Å². The van der Waals surface area contributed by atoms with Gasteiger partial charge < -0.3 is 15.6 Å². The molecule has 1 aromatic heterocycles. The third kappa shape index (κ3) is 3.38. The Morgan fingerprint density at radius 2 is 2.29 bits per heavy atom. The van der Waals surface area contributed by atoms with Crippen molar-refractivity contribution in [3.05, 3.63) is 21.9 Å².